The van der Waals surface area contributed by atoms with Crippen molar-refractivity contribution in [3.63, 3.8) is 0 Å². The summed E-state index contributed by atoms with van der Waals surface area (Å²) >= 11 is 0. The zero-order chi connectivity index (χ0) is 46.1. The molecule has 0 atom stereocenters. The number of ether oxygens (including phenoxy) is 4. The predicted octanol–water partition coefficient (Wildman–Crippen LogP) is 7.42. The number of rotatable bonds is 14. The molecule has 61 heavy (non-hydrogen) atoms. The number of nitrogens with two attached hydrogens (primary N) is 2. The van der Waals surface area contributed by atoms with Crippen molar-refractivity contribution in [2.75, 3.05) is 55.5 Å². The molecule has 3 rings (SSSR count). The second-order valence-electron chi connectivity index (χ2n) is 15.1. The Kier molecular flexibility index (Phi) is 15.7. The molecule has 0 saturated carbocycles. The largest absolute Gasteiger partial charge is 0.489 e. The maximum atomic E-state index is 13.8. The first kappa shape index (κ1) is 48.7. The molecule has 3 aromatic rings. The van der Waals surface area contributed by atoms with Gasteiger partial charge in [-0.1, -0.05) is 6.42 Å². The van der Waals surface area contributed by atoms with Crippen LogP contribution in [0.5, 0.6) is 11.5 Å². The maximum Gasteiger partial charge on any atom is 0.422 e. The molecule has 0 aliphatic heterocycles. The number of hydrogen-bond acceptors (Lipinski definition) is 12. The minimum absolute atomic E-state index is 0.0391. The molecule has 4 amide bonds. The number of nitrogens with one attached hydrogen (secondary N) is 2. The van der Waals surface area contributed by atoms with E-state index >= 15 is 0 Å². The first-order valence-electron chi connectivity index (χ1n) is 18.2. The Labute approximate surface area is 347 Å². The van der Waals surface area contributed by atoms with Gasteiger partial charge in [0.1, 0.15) is 28.9 Å². The summed E-state index contributed by atoms with van der Waals surface area (Å²) in [6.45, 7) is 9.54. The van der Waals surface area contributed by atoms with Crippen molar-refractivity contribution < 1.29 is 64.5 Å². The highest BCUT2D eigenvalue weighted by Crippen LogP contribution is 2.41. The Balaban J connectivity index is 1.83. The normalized spacial score (nSPS) is 11.8. The van der Waals surface area contributed by atoms with Gasteiger partial charge in [0.15, 0.2) is 11.5 Å². The average molecular weight is 869 g/mol. The number of terminal acetylenes is 1. The summed E-state index contributed by atoms with van der Waals surface area (Å²) < 4.78 is 104. The molecule has 0 aliphatic carbocycles. The minimum Gasteiger partial charge on any atom is -0.489 e. The van der Waals surface area contributed by atoms with Gasteiger partial charge in [-0.25, -0.2) is 24.5 Å². The molecular weight excluding hydrogens is 822 g/mol. The smallest absolute Gasteiger partial charge is 0.422 e. The van der Waals surface area contributed by atoms with Crippen LogP contribution >= 0.6 is 0 Å². The molecule has 0 saturated heterocycles. The van der Waals surface area contributed by atoms with E-state index in [0.29, 0.717) is 24.3 Å². The highest BCUT2D eigenvalue weighted by atomic mass is 19.4. The molecule has 0 radical (unpaired) electrons. The fourth-order valence-electron chi connectivity index (χ4n) is 4.95. The Morgan fingerprint density at radius 1 is 0.689 bits per heavy atom. The lowest BCUT2D eigenvalue weighted by Crippen LogP contribution is -2.35. The zero-order valence-electron chi connectivity index (χ0n) is 34.3. The van der Waals surface area contributed by atoms with Gasteiger partial charge in [-0.05, 0) is 72.2 Å². The van der Waals surface area contributed by atoms with Crippen molar-refractivity contribution in [3.05, 3.63) is 59.2 Å². The van der Waals surface area contributed by atoms with Gasteiger partial charge in [0.25, 0.3) is 11.8 Å². The van der Waals surface area contributed by atoms with Crippen molar-refractivity contribution in [3.8, 4) is 24.0 Å². The fourth-order valence-corrected chi connectivity index (χ4v) is 4.95. The molecule has 6 N–H and O–H groups in total. The fraction of sp³-hybridized carbons (Fsp3) is 0.436. The lowest BCUT2D eigenvalue weighted by Gasteiger charge is -2.24. The first-order chi connectivity index (χ1) is 28.1. The quantitative estimate of drug-likeness (QED) is 0.0410. The summed E-state index contributed by atoms with van der Waals surface area (Å²) in [6.07, 6.45) is -4.89. The van der Waals surface area contributed by atoms with E-state index < -0.39 is 92.8 Å². The van der Waals surface area contributed by atoms with Gasteiger partial charge in [0.2, 0.25) is 0 Å². The van der Waals surface area contributed by atoms with Crippen LogP contribution in [-0.4, -0.2) is 88.3 Å². The SMILES string of the molecule is C#CN(CCCOc1c(N)cc(C(F)(F)F)cc1NC(=O)c1cc(C(=O)Nc2cc(C(F)(F)F)cc(N)c2OCCCN(C)C(=O)OC(C)(C)C)ncn1)C(=O)OC(C)(C)C. The Morgan fingerprint density at radius 2 is 1.10 bits per heavy atom. The summed E-state index contributed by atoms with van der Waals surface area (Å²) in [5.41, 5.74) is 4.50. The second kappa shape index (κ2) is 19.6. The van der Waals surface area contributed by atoms with E-state index in [1.54, 1.807) is 41.5 Å². The number of hydrogen-bond donors (Lipinski definition) is 4. The van der Waals surface area contributed by atoms with Gasteiger partial charge < -0.3 is 45.9 Å². The Morgan fingerprint density at radius 3 is 1.49 bits per heavy atom. The average Bonchev–Trinajstić information content (AvgIpc) is 3.12. The van der Waals surface area contributed by atoms with E-state index in [1.807, 2.05) is 0 Å². The number of halogens is 6. The van der Waals surface area contributed by atoms with Gasteiger partial charge in [-0.15, -0.1) is 0 Å². The summed E-state index contributed by atoms with van der Waals surface area (Å²) in [6, 6.07) is 5.26. The molecule has 0 aliphatic rings. The van der Waals surface area contributed by atoms with Crippen LogP contribution in [0.4, 0.5) is 58.7 Å². The molecule has 0 bridgehead atoms. The maximum absolute atomic E-state index is 13.8. The molecule has 22 heteroatoms. The number of amides is 4. The van der Waals surface area contributed by atoms with Crippen molar-refractivity contribution >= 4 is 46.8 Å². The third kappa shape index (κ3) is 14.8. The molecular formula is C39H46F6N8O8. The lowest BCUT2D eigenvalue weighted by atomic mass is 10.1. The monoisotopic (exact) mass is 868 g/mol. The predicted molar refractivity (Wildman–Crippen MR) is 211 cm³/mol. The van der Waals surface area contributed by atoms with Crippen LogP contribution in [0.25, 0.3) is 0 Å². The number of benzene rings is 2. The third-order valence-electron chi connectivity index (χ3n) is 7.65. The molecule has 2 aromatic carbocycles. The summed E-state index contributed by atoms with van der Waals surface area (Å²) in [4.78, 5) is 61.1. The van der Waals surface area contributed by atoms with E-state index in [4.69, 9.17) is 36.8 Å². The Hall–Kier alpha value is -6.66. The first-order valence-corrected chi connectivity index (χ1v) is 18.2. The van der Waals surface area contributed by atoms with Crippen molar-refractivity contribution in [1.82, 2.24) is 19.8 Å². The molecule has 0 spiro atoms. The van der Waals surface area contributed by atoms with Gasteiger partial charge in [0.05, 0.1) is 47.1 Å². The Bertz CT molecular complexity index is 2130. The van der Waals surface area contributed by atoms with E-state index in [9.17, 15) is 45.5 Å². The molecule has 1 heterocycles. The van der Waals surface area contributed by atoms with Crippen LogP contribution in [-0.2, 0) is 21.8 Å². The minimum atomic E-state index is -4.92. The standard InChI is InChI=1S/C39H46F6N8O8/c1-9-53(35(57)61-37(5,6)7)13-11-15-59-31-25(47)17-23(39(43,44)45)19-27(31)51-33(55)29-20-28(48-21-49-29)32(54)50-26-18-22(38(40,41)42)16-24(46)30(26)58-14-10-12-52(8)34(56)60-36(2,3)4/h1,16-21H,10-15,46-47H2,2-8H3,(H,50,54)(H,51,55). The number of carbonyl (C=O) groups excluding carboxylic acids is 4. The zero-order valence-corrected chi connectivity index (χ0v) is 34.3. The number of carbonyl (C=O) groups is 4. The van der Waals surface area contributed by atoms with Gasteiger partial charge in [0, 0.05) is 38.7 Å². The summed E-state index contributed by atoms with van der Waals surface area (Å²) in [5.74, 6) is -3.07. The lowest BCUT2D eigenvalue weighted by molar-refractivity contribution is -0.138. The van der Waals surface area contributed by atoms with Crippen LogP contribution < -0.4 is 31.6 Å². The van der Waals surface area contributed by atoms with E-state index in [1.165, 1.54) is 11.9 Å². The highest BCUT2D eigenvalue weighted by molar-refractivity contribution is 6.08. The van der Waals surface area contributed by atoms with Crippen LogP contribution in [0.15, 0.2) is 36.7 Å². The molecule has 16 nitrogen and oxygen atoms in total. The topological polar surface area (TPSA) is 214 Å². The molecule has 0 fully saturated rings. The van der Waals surface area contributed by atoms with Crippen LogP contribution in [0.2, 0.25) is 0 Å². The van der Waals surface area contributed by atoms with Gasteiger partial charge >= 0.3 is 24.5 Å². The second-order valence-corrected chi connectivity index (χ2v) is 15.1. The number of nitrogens with zero attached hydrogens (tertiary/aromatic N) is 4. The number of aromatic nitrogens is 2. The van der Waals surface area contributed by atoms with Crippen LogP contribution in [0.3, 0.4) is 0 Å². The number of anilines is 4. The third-order valence-corrected chi connectivity index (χ3v) is 7.65. The summed E-state index contributed by atoms with van der Waals surface area (Å²) in [5, 5.41) is 4.45. The van der Waals surface area contributed by atoms with Gasteiger partial charge in [-0.3, -0.25) is 9.59 Å². The van der Waals surface area contributed by atoms with Crippen molar-refractivity contribution in [2.45, 2.75) is 77.9 Å². The van der Waals surface area contributed by atoms with Crippen LogP contribution in [0, 0.1) is 12.5 Å². The molecule has 1 aromatic heterocycles. The highest BCUT2D eigenvalue weighted by Gasteiger charge is 2.34. The molecule has 332 valence electrons. The number of alkyl halides is 6. The van der Waals surface area contributed by atoms with E-state index in [2.05, 4.69) is 26.6 Å². The van der Waals surface area contributed by atoms with E-state index in [-0.39, 0.29) is 50.6 Å². The van der Waals surface area contributed by atoms with Gasteiger partial charge in [-0.2, -0.15) is 26.3 Å². The summed E-state index contributed by atoms with van der Waals surface area (Å²) in [7, 11) is 1.47. The van der Waals surface area contributed by atoms with Crippen LogP contribution in [0.1, 0.15) is 86.5 Å². The van der Waals surface area contributed by atoms with E-state index in [0.717, 1.165) is 17.3 Å². The molecule has 0 unspecified atom stereocenters. The van der Waals surface area contributed by atoms with Crippen molar-refractivity contribution in [2.24, 2.45) is 0 Å². The number of nitrogen functional groups attached to an aromatic ring is 2. The van der Waals surface area contributed by atoms with Crippen molar-refractivity contribution in [1.29, 1.82) is 0 Å².